The molecule has 1 fully saturated rings. The van der Waals surface area contributed by atoms with Gasteiger partial charge in [-0.25, -0.2) is 0 Å². The van der Waals surface area contributed by atoms with E-state index in [2.05, 4.69) is 10.6 Å². The van der Waals surface area contributed by atoms with Crippen LogP contribution in [0, 0.1) is 5.92 Å². The van der Waals surface area contributed by atoms with Crippen molar-refractivity contribution in [2.75, 3.05) is 11.9 Å². The van der Waals surface area contributed by atoms with E-state index in [1.807, 2.05) is 18.2 Å². The van der Waals surface area contributed by atoms with Crippen LogP contribution in [0.15, 0.2) is 54.6 Å². The summed E-state index contributed by atoms with van der Waals surface area (Å²) in [4.78, 5) is 24.7. The highest BCUT2D eigenvalue weighted by Gasteiger charge is 2.25. The van der Waals surface area contributed by atoms with E-state index in [-0.39, 0.29) is 30.3 Å². The van der Waals surface area contributed by atoms with Crippen LogP contribution in [0.3, 0.4) is 0 Å². The Kier molecular flexibility index (Phi) is 7.82. The minimum atomic E-state index is -0.171. The Labute approximate surface area is 166 Å². The minimum Gasteiger partial charge on any atom is -0.349 e. The number of hydrogen-bond acceptors (Lipinski definition) is 3. The topological polar surface area (TPSA) is 84.2 Å². The Morgan fingerprint density at radius 3 is 2.19 bits per heavy atom. The van der Waals surface area contributed by atoms with Crippen LogP contribution in [0.1, 0.15) is 46.4 Å². The highest BCUT2D eigenvalue weighted by molar-refractivity contribution is 6.04. The van der Waals surface area contributed by atoms with Gasteiger partial charge in [-0.3, -0.25) is 9.59 Å². The first-order chi connectivity index (χ1) is 12.7. The Hall–Kier alpha value is -2.37. The van der Waals surface area contributed by atoms with Gasteiger partial charge in [-0.1, -0.05) is 31.0 Å². The van der Waals surface area contributed by atoms with Gasteiger partial charge in [-0.2, -0.15) is 0 Å². The summed E-state index contributed by atoms with van der Waals surface area (Å²) in [7, 11) is 0. The highest BCUT2D eigenvalue weighted by Crippen LogP contribution is 2.24. The van der Waals surface area contributed by atoms with Crippen LogP contribution in [-0.2, 0) is 0 Å². The summed E-state index contributed by atoms with van der Waals surface area (Å²) >= 11 is 0. The van der Waals surface area contributed by atoms with Crippen molar-refractivity contribution in [3.8, 4) is 0 Å². The summed E-state index contributed by atoms with van der Waals surface area (Å²) in [5, 5.41) is 5.95. The fourth-order valence-corrected chi connectivity index (χ4v) is 3.43. The number of anilines is 1. The molecule has 4 N–H and O–H groups in total. The number of nitrogens with two attached hydrogens (primary N) is 1. The molecule has 1 saturated carbocycles. The molecule has 0 spiro atoms. The number of halogens is 1. The molecule has 1 aliphatic carbocycles. The molecule has 2 aromatic carbocycles. The molecule has 0 aliphatic heterocycles. The Balaban J connectivity index is 0.00000261. The molecule has 1 aliphatic rings. The molecule has 0 radical (unpaired) electrons. The van der Waals surface area contributed by atoms with Gasteiger partial charge in [-0.15, -0.1) is 12.4 Å². The smallest absolute Gasteiger partial charge is 0.255 e. The van der Waals surface area contributed by atoms with Gasteiger partial charge >= 0.3 is 0 Å². The van der Waals surface area contributed by atoms with Gasteiger partial charge in [0.1, 0.15) is 0 Å². The van der Waals surface area contributed by atoms with E-state index >= 15 is 0 Å². The van der Waals surface area contributed by atoms with Crippen LogP contribution in [-0.4, -0.2) is 24.4 Å². The van der Waals surface area contributed by atoms with E-state index in [4.69, 9.17) is 5.73 Å². The molecule has 0 aromatic heterocycles. The Bertz CT molecular complexity index is 750. The third-order valence-electron chi connectivity index (χ3n) is 4.97. The van der Waals surface area contributed by atoms with Gasteiger partial charge in [0, 0.05) is 22.9 Å². The number of hydrogen-bond donors (Lipinski definition) is 3. The quantitative estimate of drug-likeness (QED) is 0.732. The molecule has 3 rings (SSSR count). The molecule has 0 heterocycles. The SMILES string of the molecule is Cl.NCC1CCCCC1NC(=O)c1ccc(NC(=O)c2ccccc2)cc1. The van der Waals surface area contributed by atoms with E-state index in [1.165, 1.54) is 6.42 Å². The normalized spacial score (nSPS) is 18.9. The number of rotatable bonds is 5. The molecular weight excluding hydrogens is 362 g/mol. The molecule has 2 aromatic rings. The molecule has 2 amide bonds. The van der Waals surface area contributed by atoms with E-state index in [0.29, 0.717) is 29.3 Å². The molecular formula is C21H26ClN3O2. The van der Waals surface area contributed by atoms with Gasteiger partial charge in [0.15, 0.2) is 0 Å². The number of benzene rings is 2. The zero-order valence-corrected chi connectivity index (χ0v) is 16.0. The zero-order valence-electron chi connectivity index (χ0n) is 15.2. The second-order valence-electron chi connectivity index (χ2n) is 6.76. The van der Waals surface area contributed by atoms with Gasteiger partial charge in [0.05, 0.1) is 0 Å². The Morgan fingerprint density at radius 1 is 0.889 bits per heavy atom. The van der Waals surface area contributed by atoms with Gasteiger partial charge in [-0.05, 0) is 61.7 Å². The molecule has 0 bridgehead atoms. The summed E-state index contributed by atoms with van der Waals surface area (Å²) < 4.78 is 0. The lowest BCUT2D eigenvalue weighted by molar-refractivity contribution is 0.0907. The lowest BCUT2D eigenvalue weighted by atomic mass is 9.84. The zero-order chi connectivity index (χ0) is 18.4. The molecule has 0 saturated heterocycles. The number of carbonyl (C=O) groups is 2. The summed E-state index contributed by atoms with van der Waals surface area (Å²) in [5.41, 5.74) is 7.67. The fraction of sp³-hybridized carbons (Fsp3) is 0.333. The monoisotopic (exact) mass is 387 g/mol. The fourth-order valence-electron chi connectivity index (χ4n) is 3.43. The first-order valence-electron chi connectivity index (χ1n) is 9.15. The lowest BCUT2D eigenvalue weighted by Crippen LogP contribution is -2.44. The third kappa shape index (κ3) is 5.55. The van der Waals surface area contributed by atoms with Crippen LogP contribution in [0.25, 0.3) is 0 Å². The standard InChI is InChI=1S/C21H25N3O2.ClH/c22-14-17-8-4-5-9-19(17)24-21(26)16-10-12-18(13-11-16)23-20(25)15-6-2-1-3-7-15;/h1-3,6-7,10-13,17,19H,4-5,8-9,14,22H2,(H,23,25)(H,24,26);1H. The summed E-state index contributed by atoms with van der Waals surface area (Å²) in [5.74, 6) is 0.101. The predicted octanol–water partition coefficient (Wildman–Crippen LogP) is 3.61. The molecule has 2 atom stereocenters. The van der Waals surface area contributed by atoms with Gasteiger partial charge in [0.25, 0.3) is 11.8 Å². The second kappa shape index (κ2) is 10.1. The first-order valence-corrected chi connectivity index (χ1v) is 9.15. The van der Waals surface area contributed by atoms with E-state index in [0.717, 1.165) is 19.3 Å². The summed E-state index contributed by atoms with van der Waals surface area (Å²) in [6.07, 6.45) is 4.38. The Morgan fingerprint density at radius 2 is 1.52 bits per heavy atom. The maximum absolute atomic E-state index is 12.5. The van der Waals surface area contributed by atoms with Gasteiger partial charge in [0.2, 0.25) is 0 Å². The van der Waals surface area contributed by atoms with Crippen molar-refractivity contribution in [3.63, 3.8) is 0 Å². The molecule has 27 heavy (non-hydrogen) atoms. The van der Waals surface area contributed by atoms with Crippen molar-refractivity contribution in [2.45, 2.75) is 31.7 Å². The molecule has 6 heteroatoms. The summed E-state index contributed by atoms with van der Waals surface area (Å²) in [6, 6.07) is 16.1. The highest BCUT2D eigenvalue weighted by atomic mass is 35.5. The molecule has 144 valence electrons. The van der Waals surface area contributed by atoms with Gasteiger partial charge < -0.3 is 16.4 Å². The molecule has 5 nitrogen and oxygen atoms in total. The van der Waals surface area contributed by atoms with Crippen LogP contribution >= 0.6 is 12.4 Å². The summed E-state index contributed by atoms with van der Waals surface area (Å²) in [6.45, 7) is 0.607. The van der Waals surface area contributed by atoms with Crippen molar-refractivity contribution in [1.82, 2.24) is 5.32 Å². The van der Waals surface area contributed by atoms with Crippen molar-refractivity contribution in [3.05, 3.63) is 65.7 Å². The number of nitrogens with one attached hydrogen (secondary N) is 2. The maximum atomic E-state index is 12.5. The van der Waals surface area contributed by atoms with Crippen molar-refractivity contribution in [1.29, 1.82) is 0 Å². The lowest BCUT2D eigenvalue weighted by Gasteiger charge is -2.31. The molecule has 2 unspecified atom stereocenters. The van der Waals surface area contributed by atoms with Crippen molar-refractivity contribution in [2.24, 2.45) is 11.7 Å². The average molecular weight is 388 g/mol. The number of carbonyl (C=O) groups excluding carboxylic acids is 2. The van der Waals surface area contributed by atoms with E-state index in [9.17, 15) is 9.59 Å². The van der Waals surface area contributed by atoms with Crippen molar-refractivity contribution >= 4 is 29.9 Å². The van der Waals surface area contributed by atoms with Crippen LogP contribution in [0.4, 0.5) is 5.69 Å². The van der Waals surface area contributed by atoms with E-state index < -0.39 is 0 Å². The first kappa shape index (κ1) is 20.9. The van der Waals surface area contributed by atoms with Crippen molar-refractivity contribution < 1.29 is 9.59 Å². The van der Waals surface area contributed by atoms with E-state index in [1.54, 1.807) is 36.4 Å². The van der Waals surface area contributed by atoms with Crippen LogP contribution < -0.4 is 16.4 Å². The number of amides is 2. The predicted molar refractivity (Wildman–Crippen MR) is 110 cm³/mol. The van der Waals surface area contributed by atoms with Crippen LogP contribution in [0.5, 0.6) is 0 Å². The largest absolute Gasteiger partial charge is 0.349 e. The average Bonchev–Trinajstić information content (AvgIpc) is 2.69. The maximum Gasteiger partial charge on any atom is 0.255 e. The third-order valence-corrected chi connectivity index (χ3v) is 4.97. The minimum absolute atomic E-state index is 0. The second-order valence-corrected chi connectivity index (χ2v) is 6.76. The van der Waals surface area contributed by atoms with Crippen LogP contribution in [0.2, 0.25) is 0 Å².